The Hall–Kier alpha value is -1.71. The molecule has 0 radical (unpaired) electrons. The van der Waals surface area contributed by atoms with Crippen LogP contribution in [-0.4, -0.2) is 30.5 Å². The maximum Gasteiger partial charge on any atom is 0.224 e. The average Bonchev–Trinajstić information content (AvgIpc) is 2.68. The van der Waals surface area contributed by atoms with E-state index in [-0.39, 0.29) is 12.4 Å². The fraction of sp³-hybridized carbons (Fsp3) is 0.435. The third-order valence-electron chi connectivity index (χ3n) is 5.30. The monoisotopic (exact) mass is 421 g/mol. The fourth-order valence-electron chi connectivity index (χ4n) is 3.99. The zero-order chi connectivity index (χ0) is 19.4. The van der Waals surface area contributed by atoms with E-state index in [9.17, 15) is 0 Å². The Bertz CT molecular complexity index is 848. The second-order valence-corrected chi connectivity index (χ2v) is 7.55. The summed E-state index contributed by atoms with van der Waals surface area (Å²) in [5, 5.41) is 0.793. The van der Waals surface area contributed by atoms with Gasteiger partial charge < -0.3 is 21.9 Å². The number of ether oxygens (including phenoxy) is 2. The number of rotatable bonds is 7. The molecule has 0 aromatic heterocycles. The molecular formula is C23H29Cl2NO2. The molecule has 1 atom stereocenters. The molecule has 0 saturated heterocycles. The van der Waals surface area contributed by atoms with E-state index >= 15 is 0 Å². The maximum atomic E-state index is 6.58. The molecule has 0 saturated carbocycles. The number of halogens is 2. The van der Waals surface area contributed by atoms with Crippen LogP contribution in [0.15, 0.2) is 36.4 Å². The molecule has 1 unspecified atom stereocenters. The summed E-state index contributed by atoms with van der Waals surface area (Å²) in [4.78, 5) is 0. The quantitative estimate of drug-likeness (QED) is 0.506. The highest BCUT2D eigenvalue weighted by molar-refractivity contribution is 6.32. The maximum absolute atomic E-state index is 6.58. The third-order valence-corrected chi connectivity index (χ3v) is 5.62. The van der Waals surface area contributed by atoms with E-state index in [4.69, 9.17) is 21.1 Å². The summed E-state index contributed by atoms with van der Waals surface area (Å²) in [6.07, 6.45) is 5.54. The van der Waals surface area contributed by atoms with Crippen LogP contribution in [-0.2, 0) is 6.42 Å². The van der Waals surface area contributed by atoms with Crippen molar-refractivity contribution in [3.8, 4) is 11.5 Å². The molecule has 1 heterocycles. The van der Waals surface area contributed by atoms with E-state index in [1.165, 1.54) is 29.7 Å². The predicted octanol–water partition coefficient (Wildman–Crippen LogP) is 3.02. The zero-order valence-corrected chi connectivity index (χ0v) is 18.6. The molecule has 0 spiro atoms. The molecule has 0 aliphatic carbocycles. The largest absolute Gasteiger partial charge is 1.00 e. The van der Waals surface area contributed by atoms with Gasteiger partial charge in [0.1, 0.15) is 5.02 Å². The fourth-order valence-corrected chi connectivity index (χ4v) is 4.22. The van der Waals surface area contributed by atoms with Gasteiger partial charge >= 0.3 is 0 Å². The van der Waals surface area contributed by atoms with E-state index in [1.807, 2.05) is 12.1 Å². The highest BCUT2D eigenvalue weighted by atomic mass is 35.5. The topological polar surface area (TPSA) is 21.5 Å². The lowest BCUT2D eigenvalue weighted by Gasteiger charge is -2.25. The SMILES string of the molecule is CCCCCC1=[N+](c2ccccc2Cl)C(C)Cc2cc(OC)c(OC)cc21.[Cl-]. The van der Waals surface area contributed by atoms with Gasteiger partial charge in [-0.3, -0.25) is 0 Å². The van der Waals surface area contributed by atoms with Gasteiger partial charge in [0.05, 0.1) is 14.2 Å². The normalized spacial score (nSPS) is 15.7. The smallest absolute Gasteiger partial charge is 0.224 e. The predicted molar refractivity (Wildman–Crippen MR) is 112 cm³/mol. The summed E-state index contributed by atoms with van der Waals surface area (Å²) >= 11 is 6.58. The molecule has 3 nitrogen and oxygen atoms in total. The molecule has 1 aliphatic rings. The Balaban J connectivity index is 0.00000280. The van der Waals surface area contributed by atoms with Crippen LogP contribution in [0.3, 0.4) is 0 Å². The van der Waals surface area contributed by atoms with Crippen LogP contribution in [0.4, 0.5) is 5.69 Å². The van der Waals surface area contributed by atoms with E-state index in [0.717, 1.165) is 41.5 Å². The van der Waals surface area contributed by atoms with Crippen LogP contribution < -0.4 is 21.9 Å². The van der Waals surface area contributed by atoms with E-state index in [1.54, 1.807) is 14.2 Å². The Morgan fingerprint density at radius 1 is 1.07 bits per heavy atom. The van der Waals surface area contributed by atoms with Crippen molar-refractivity contribution in [3.05, 3.63) is 52.5 Å². The van der Waals surface area contributed by atoms with Crippen molar-refractivity contribution < 1.29 is 26.5 Å². The molecule has 1 aliphatic heterocycles. The second-order valence-electron chi connectivity index (χ2n) is 7.14. The lowest BCUT2D eigenvalue weighted by Crippen LogP contribution is -3.00. The number of benzene rings is 2. The molecule has 5 heteroatoms. The van der Waals surface area contributed by atoms with Crippen molar-refractivity contribution in [2.45, 2.75) is 52.0 Å². The minimum Gasteiger partial charge on any atom is -1.00 e. The van der Waals surface area contributed by atoms with Crippen molar-refractivity contribution in [2.24, 2.45) is 0 Å². The summed E-state index contributed by atoms with van der Waals surface area (Å²) in [6, 6.07) is 12.7. The molecule has 3 rings (SSSR count). The Kier molecular flexibility index (Phi) is 8.21. The lowest BCUT2D eigenvalue weighted by atomic mass is 9.89. The molecular weight excluding hydrogens is 393 g/mol. The molecule has 0 bridgehead atoms. The van der Waals surface area contributed by atoms with Crippen molar-refractivity contribution in [3.63, 3.8) is 0 Å². The number of hydrogen-bond donors (Lipinski definition) is 0. The minimum absolute atomic E-state index is 0. The first kappa shape index (κ1) is 22.6. The summed E-state index contributed by atoms with van der Waals surface area (Å²) < 4.78 is 13.5. The van der Waals surface area contributed by atoms with Gasteiger partial charge in [0.2, 0.25) is 5.69 Å². The van der Waals surface area contributed by atoms with Crippen LogP contribution in [0.2, 0.25) is 5.02 Å². The van der Waals surface area contributed by atoms with Crippen LogP contribution in [0.5, 0.6) is 11.5 Å². The van der Waals surface area contributed by atoms with Crippen LogP contribution in [0, 0.1) is 0 Å². The van der Waals surface area contributed by atoms with Crippen molar-refractivity contribution in [1.82, 2.24) is 0 Å². The standard InChI is InChI=1S/C23H29ClNO2.ClH/c1-5-6-7-11-20-18-15-23(27-4)22(26-3)14-17(18)13-16(2)25(20)21-12-9-8-10-19(21)24;/h8-10,12,14-16H,5-7,11,13H2,1-4H3;1H/q+1;/p-1. The van der Waals surface area contributed by atoms with Gasteiger partial charge in [0.25, 0.3) is 0 Å². The van der Waals surface area contributed by atoms with Gasteiger partial charge in [-0.25, -0.2) is 0 Å². The van der Waals surface area contributed by atoms with E-state index in [0.29, 0.717) is 6.04 Å². The first-order valence-electron chi connectivity index (χ1n) is 9.75. The van der Waals surface area contributed by atoms with Gasteiger partial charge in [0, 0.05) is 24.5 Å². The summed E-state index contributed by atoms with van der Waals surface area (Å²) in [5.41, 5.74) is 4.97. The second kappa shape index (κ2) is 10.2. The van der Waals surface area contributed by atoms with Gasteiger partial charge in [-0.05, 0) is 37.1 Å². The molecule has 2 aromatic rings. The summed E-state index contributed by atoms with van der Waals surface area (Å²) in [7, 11) is 3.39. The van der Waals surface area contributed by atoms with Crippen LogP contribution in [0.25, 0.3) is 0 Å². The lowest BCUT2D eigenvalue weighted by molar-refractivity contribution is -0.482. The number of hydrogen-bond acceptors (Lipinski definition) is 2. The van der Waals surface area contributed by atoms with Gasteiger partial charge in [-0.1, -0.05) is 43.5 Å². The molecule has 28 heavy (non-hydrogen) atoms. The van der Waals surface area contributed by atoms with Crippen LogP contribution >= 0.6 is 11.6 Å². The highest BCUT2D eigenvalue weighted by Crippen LogP contribution is 2.37. The zero-order valence-electron chi connectivity index (χ0n) is 17.1. The van der Waals surface area contributed by atoms with Gasteiger partial charge in [-0.15, -0.1) is 0 Å². The number of methoxy groups -OCH3 is 2. The Labute approximate surface area is 179 Å². The number of nitrogens with zero attached hydrogens (tertiary/aromatic N) is 1. The average molecular weight is 422 g/mol. The van der Waals surface area contributed by atoms with Crippen molar-refractivity contribution in [2.75, 3.05) is 14.2 Å². The molecule has 0 amide bonds. The number of unbranched alkanes of at least 4 members (excludes halogenated alkanes) is 2. The first-order chi connectivity index (χ1) is 13.1. The molecule has 0 fully saturated rings. The molecule has 0 N–H and O–H groups in total. The van der Waals surface area contributed by atoms with Gasteiger partial charge in [0.15, 0.2) is 23.3 Å². The molecule has 152 valence electrons. The van der Waals surface area contributed by atoms with E-state index in [2.05, 4.69) is 42.7 Å². The first-order valence-corrected chi connectivity index (χ1v) is 10.1. The number of fused-ring (bicyclic) bond motifs is 1. The molecule has 2 aromatic carbocycles. The van der Waals surface area contributed by atoms with E-state index < -0.39 is 0 Å². The van der Waals surface area contributed by atoms with Crippen LogP contribution in [0.1, 0.15) is 50.7 Å². The third kappa shape index (κ3) is 4.47. The minimum atomic E-state index is 0. The number of para-hydroxylation sites is 1. The summed E-state index contributed by atoms with van der Waals surface area (Å²) in [6.45, 7) is 4.50. The Morgan fingerprint density at radius 3 is 2.39 bits per heavy atom. The van der Waals surface area contributed by atoms with Crippen molar-refractivity contribution in [1.29, 1.82) is 0 Å². The Morgan fingerprint density at radius 2 is 1.75 bits per heavy atom. The highest BCUT2D eigenvalue weighted by Gasteiger charge is 2.34. The summed E-state index contributed by atoms with van der Waals surface area (Å²) in [5.74, 6) is 1.57. The van der Waals surface area contributed by atoms with Gasteiger partial charge in [-0.2, -0.15) is 4.58 Å². The van der Waals surface area contributed by atoms with Crippen molar-refractivity contribution >= 4 is 23.0 Å².